The number of hydrogen-bond acceptors (Lipinski definition) is 4. The van der Waals surface area contributed by atoms with E-state index in [9.17, 15) is 18.3 Å². The summed E-state index contributed by atoms with van der Waals surface area (Å²) in [5.74, 6) is -0.389. The Balaban J connectivity index is 2.91. The van der Waals surface area contributed by atoms with Crippen LogP contribution < -0.4 is 10.0 Å². The minimum atomic E-state index is -3.82. The van der Waals surface area contributed by atoms with E-state index in [1.165, 1.54) is 19.1 Å². The van der Waals surface area contributed by atoms with Gasteiger partial charge in [-0.2, -0.15) is 4.72 Å². The van der Waals surface area contributed by atoms with Gasteiger partial charge in [-0.25, -0.2) is 8.42 Å². The average molecular weight is 314 g/mol. The van der Waals surface area contributed by atoms with E-state index in [2.05, 4.69) is 10.0 Å². The quantitative estimate of drug-likeness (QED) is 0.728. The van der Waals surface area contributed by atoms with Gasteiger partial charge in [-0.15, -0.1) is 0 Å². The number of benzene rings is 1. The molecule has 1 amide bonds. The van der Waals surface area contributed by atoms with Crippen LogP contribution in [0.4, 0.5) is 0 Å². The molecule has 1 aromatic carbocycles. The first-order valence-electron chi connectivity index (χ1n) is 6.74. The van der Waals surface area contributed by atoms with E-state index in [0.29, 0.717) is 5.56 Å². The molecule has 0 bridgehead atoms. The van der Waals surface area contributed by atoms with Crippen LogP contribution in [0.5, 0.6) is 0 Å². The van der Waals surface area contributed by atoms with E-state index >= 15 is 0 Å². The van der Waals surface area contributed by atoms with E-state index in [-0.39, 0.29) is 16.8 Å². The van der Waals surface area contributed by atoms with Crippen LogP contribution in [0.15, 0.2) is 29.2 Å². The van der Waals surface area contributed by atoms with Crippen LogP contribution in [-0.4, -0.2) is 31.5 Å². The molecule has 21 heavy (non-hydrogen) atoms. The predicted molar refractivity (Wildman–Crippen MR) is 80.1 cm³/mol. The van der Waals surface area contributed by atoms with Gasteiger partial charge in [-0.1, -0.05) is 12.1 Å². The molecule has 118 valence electrons. The van der Waals surface area contributed by atoms with Crippen LogP contribution in [0.3, 0.4) is 0 Å². The highest BCUT2D eigenvalue weighted by Crippen LogP contribution is 2.17. The highest BCUT2D eigenvalue weighted by atomic mass is 32.2. The van der Waals surface area contributed by atoms with E-state index in [1.54, 1.807) is 32.9 Å². The lowest BCUT2D eigenvalue weighted by molar-refractivity contribution is -0.122. The van der Waals surface area contributed by atoms with Gasteiger partial charge < -0.3 is 10.4 Å². The summed E-state index contributed by atoms with van der Waals surface area (Å²) in [6.45, 7) is 6.63. The Morgan fingerprint density at radius 2 is 1.81 bits per heavy atom. The number of aliphatic hydroxyl groups excluding tert-OH is 1. The first-order chi connectivity index (χ1) is 9.63. The zero-order valence-electron chi connectivity index (χ0n) is 12.6. The lowest BCUT2D eigenvalue weighted by Crippen LogP contribution is -2.46. The van der Waals surface area contributed by atoms with Crippen molar-refractivity contribution >= 4 is 15.9 Å². The van der Waals surface area contributed by atoms with Crippen molar-refractivity contribution in [1.29, 1.82) is 0 Å². The van der Waals surface area contributed by atoms with Crippen LogP contribution in [0.1, 0.15) is 39.4 Å². The minimum Gasteiger partial charge on any atom is -0.389 e. The minimum absolute atomic E-state index is 0.0186. The van der Waals surface area contributed by atoms with Gasteiger partial charge in [0.05, 0.1) is 17.0 Å². The van der Waals surface area contributed by atoms with Crippen LogP contribution in [0.25, 0.3) is 0 Å². The third kappa shape index (κ3) is 5.11. The molecule has 0 aromatic heterocycles. The van der Waals surface area contributed by atoms with E-state index in [0.717, 1.165) is 0 Å². The summed E-state index contributed by atoms with van der Waals surface area (Å²) in [5.41, 5.74) is 0.497. The predicted octanol–water partition coefficient (Wildman–Crippen LogP) is 0.931. The molecule has 0 radical (unpaired) electrons. The van der Waals surface area contributed by atoms with E-state index < -0.39 is 22.2 Å². The molecule has 0 aliphatic carbocycles. The Kier molecular flexibility index (Phi) is 5.88. The van der Waals surface area contributed by atoms with Gasteiger partial charge in [-0.3, -0.25) is 4.79 Å². The van der Waals surface area contributed by atoms with Gasteiger partial charge in [0, 0.05) is 6.04 Å². The summed E-state index contributed by atoms with van der Waals surface area (Å²) < 4.78 is 26.8. The molecule has 7 heteroatoms. The van der Waals surface area contributed by atoms with Crippen molar-refractivity contribution in [2.75, 3.05) is 0 Å². The molecule has 0 saturated carbocycles. The summed E-state index contributed by atoms with van der Waals surface area (Å²) >= 11 is 0. The molecule has 0 fully saturated rings. The summed E-state index contributed by atoms with van der Waals surface area (Å²) in [4.78, 5) is 11.8. The SMILES string of the molecule is CC(C)NC(=O)C(C)NS(=O)(=O)c1cccc(C(C)O)c1. The third-order valence-electron chi connectivity index (χ3n) is 2.81. The number of amides is 1. The van der Waals surface area contributed by atoms with E-state index in [4.69, 9.17) is 0 Å². The second kappa shape index (κ2) is 7.02. The molecule has 0 heterocycles. The lowest BCUT2D eigenvalue weighted by atomic mass is 10.1. The smallest absolute Gasteiger partial charge is 0.241 e. The second-order valence-corrected chi connectivity index (χ2v) is 6.97. The van der Waals surface area contributed by atoms with Crippen molar-refractivity contribution in [2.45, 2.75) is 50.8 Å². The molecule has 0 spiro atoms. The fourth-order valence-corrected chi connectivity index (χ4v) is 2.96. The van der Waals surface area contributed by atoms with Crippen molar-refractivity contribution in [3.05, 3.63) is 29.8 Å². The standard InChI is InChI=1S/C14H22N2O4S/c1-9(2)15-14(18)10(3)16-21(19,20)13-7-5-6-12(8-13)11(4)17/h5-11,16-17H,1-4H3,(H,15,18). The number of nitrogens with one attached hydrogen (secondary N) is 2. The number of hydrogen-bond donors (Lipinski definition) is 3. The highest BCUT2D eigenvalue weighted by molar-refractivity contribution is 7.89. The van der Waals surface area contributed by atoms with Gasteiger partial charge in [0.1, 0.15) is 0 Å². The number of carbonyl (C=O) groups excluding carboxylic acids is 1. The van der Waals surface area contributed by atoms with Crippen molar-refractivity contribution < 1.29 is 18.3 Å². The summed E-state index contributed by atoms with van der Waals surface area (Å²) in [6, 6.07) is 5.05. The zero-order chi connectivity index (χ0) is 16.2. The Morgan fingerprint density at radius 1 is 1.19 bits per heavy atom. The fourth-order valence-electron chi connectivity index (χ4n) is 1.71. The van der Waals surface area contributed by atoms with Gasteiger partial charge in [0.2, 0.25) is 15.9 Å². The number of rotatable bonds is 6. The van der Waals surface area contributed by atoms with Crippen LogP contribution in [-0.2, 0) is 14.8 Å². The monoisotopic (exact) mass is 314 g/mol. The van der Waals surface area contributed by atoms with E-state index in [1.807, 2.05) is 0 Å². The number of carbonyl (C=O) groups is 1. The van der Waals surface area contributed by atoms with Crippen molar-refractivity contribution in [2.24, 2.45) is 0 Å². The zero-order valence-corrected chi connectivity index (χ0v) is 13.4. The normalized spacial score (nSPS) is 14.8. The summed E-state index contributed by atoms with van der Waals surface area (Å²) in [7, 11) is -3.82. The highest BCUT2D eigenvalue weighted by Gasteiger charge is 2.22. The molecule has 0 saturated heterocycles. The summed E-state index contributed by atoms with van der Waals surface area (Å²) in [6.07, 6.45) is -0.762. The van der Waals surface area contributed by atoms with Gasteiger partial charge in [0.15, 0.2) is 0 Å². The van der Waals surface area contributed by atoms with Crippen LogP contribution in [0, 0.1) is 0 Å². The first-order valence-corrected chi connectivity index (χ1v) is 8.22. The van der Waals surface area contributed by atoms with Crippen LogP contribution >= 0.6 is 0 Å². The van der Waals surface area contributed by atoms with Crippen molar-refractivity contribution in [3.8, 4) is 0 Å². The molecule has 0 aliphatic heterocycles. The maximum Gasteiger partial charge on any atom is 0.241 e. The topological polar surface area (TPSA) is 95.5 Å². The summed E-state index contributed by atoms with van der Waals surface area (Å²) in [5, 5.41) is 12.1. The molecule has 6 nitrogen and oxygen atoms in total. The third-order valence-corrected chi connectivity index (χ3v) is 4.35. The lowest BCUT2D eigenvalue weighted by Gasteiger charge is -2.16. The number of sulfonamides is 1. The molecular formula is C14H22N2O4S. The van der Waals surface area contributed by atoms with Gasteiger partial charge in [0.25, 0.3) is 0 Å². The fraction of sp³-hybridized carbons (Fsp3) is 0.500. The van der Waals surface area contributed by atoms with Crippen LogP contribution in [0.2, 0.25) is 0 Å². The Hall–Kier alpha value is -1.44. The van der Waals surface area contributed by atoms with Crippen molar-refractivity contribution in [3.63, 3.8) is 0 Å². The van der Waals surface area contributed by atoms with Gasteiger partial charge >= 0.3 is 0 Å². The molecule has 2 unspecified atom stereocenters. The van der Waals surface area contributed by atoms with Crippen molar-refractivity contribution in [1.82, 2.24) is 10.0 Å². The van der Waals surface area contributed by atoms with Gasteiger partial charge in [-0.05, 0) is 45.4 Å². The number of aliphatic hydroxyl groups is 1. The molecule has 1 rings (SSSR count). The Morgan fingerprint density at radius 3 is 2.33 bits per heavy atom. The molecule has 2 atom stereocenters. The maximum absolute atomic E-state index is 12.2. The Bertz CT molecular complexity index is 597. The average Bonchev–Trinajstić information content (AvgIpc) is 2.37. The molecule has 3 N–H and O–H groups in total. The first kappa shape index (κ1) is 17.6. The molecular weight excluding hydrogens is 292 g/mol. The maximum atomic E-state index is 12.2. The molecule has 0 aliphatic rings. The Labute approximate surface area is 125 Å². The molecule has 1 aromatic rings. The second-order valence-electron chi connectivity index (χ2n) is 5.25. The largest absolute Gasteiger partial charge is 0.389 e.